The van der Waals surface area contributed by atoms with E-state index in [0.29, 0.717) is 17.4 Å². The first-order valence-corrected chi connectivity index (χ1v) is 11.0. The number of fused-ring (bicyclic) bond motifs is 5. The average molecular weight is 413 g/mol. The minimum atomic E-state index is 0.0968. The number of aryl methyl sites for hydroxylation is 1. The number of rotatable bonds is 3. The van der Waals surface area contributed by atoms with Crippen molar-refractivity contribution in [3.63, 3.8) is 0 Å². The van der Waals surface area contributed by atoms with Gasteiger partial charge in [-0.15, -0.1) is 0 Å². The number of benzene rings is 1. The highest BCUT2D eigenvalue weighted by atomic mass is 16.1. The molecule has 0 aliphatic carbocycles. The number of hydrogen-bond donors (Lipinski definition) is 1. The first-order chi connectivity index (χ1) is 15.2. The lowest BCUT2D eigenvalue weighted by Gasteiger charge is -2.40. The standard InChI is InChI=1S/C25H25N5O/c1-28-13-20(21-4-2-3-5-24(21)28)15-29-11-17-8-18(14-29)23-7-6-22(25(31)30(23)12-17)19-9-26-16-27-10-19/h2-7,9-10,13,16-18H,8,11-12,14-15H2,1H3/p+1/t17-,18+/m0/s1. The maximum Gasteiger partial charge on any atom is 0.258 e. The molecular weight excluding hydrogens is 386 g/mol. The lowest BCUT2D eigenvalue weighted by atomic mass is 9.82. The fourth-order valence-corrected chi connectivity index (χ4v) is 5.81. The molecular formula is C25H26N5O+. The minimum Gasteiger partial charge on any atom is -0.350 e. The number of para-hydroxylation sites is 1. The summed E-state index contributed by atoms with van der Waals surface area (Å²) in [5.41, 5.74) is 5.50. The van der Waals surface area contributed by atoms with Crippen molar-refractivity contribution < 1.29 is 4.90 Å². The summed E-state index contributed by atoms with van der Waals surface area (Å²) in [5.74, 6) is 0.974. The van der Waals surface area contributed by atoms with Gasteiger partial charge >= 0.3 is 0 Å². The molecule has 1 saturated heterocycles. The molecule has 1 fully saturated rings. The fraction of sp³-hybridized carbons (Fsp3) is 0.320. The van der Waals surface area contributed by atoms with Gasteiger partial charge in [-0.05, 0) is 24.6 Å². The van der Waals surface area contributed by atoms with Crippen LogP contribution < -0.4 is 10.5 Å². The van der Waals surface area contributed by atoms with Gasteiger partial charge in [0.15, 0.2) is 0 Å². The number of piperidine rings is 1. The van der Waals surface area contributed by atoms with Crippen molar-refractivity contribution in [3.8, 4) is 11.1 Å². The average Bonchev–Trinajstić information content (AvgIpc) is 3.10. The minimum absolute atomic E-state index is 0.0968. The molecule has 2 aliphatic heterocycles. The van der Waals surface area contributed by atoms with Gasteiger partial charge in [-0.3, -0.25) is 4.79 Å². The van der Waals surface area contributed by atoms with Gasteiger partial charge in [-0.2, -0.15) is 0 Å². The molecule has 3 atom stereocenters. The third kappa shape index (κ3) is 3.10. The molecule has 1 aromatic carbocycles. The zero-order valence-electron chi connectivity index (χ0n) is 17.7. The van der Waals surface area contributed by atoms with E-state index in [1.165, 1.54) is 34.9 Å². The second-order valence-corrected chi connectivity index (χ2v) is 9.13. The first kappa shape index (κ1) is 18.5. The van der Waals surface area contributed by atoms with Crippen LogP contribution in [0.3, 0.4) is 0 Å². The third-order valence-electron chi connectivity index (χ3n) is 7.09. The van der Waals surface area contributed by atoms with Crippen LogP contribution >= 0.6 is 0 Å². The molecule has 2 aliphatic rings. The summed E-state index contributed by atoms with van der Waals surface area (Å²) in [6.07, 6.45) is 8.41. The number of likely N-dealkylation sites (tertiary alicyclic amines) is 1. The smallest absolute Gasteiger partial charge is 0.258 e. The van der Waals surface area contributed by atoms with Gasteiger partial charge in [0.25, 0.3) is 5.56 Å². The lowest BCUT2D eigenvalue weighted by Crippen LogP contribution is -3.13. The summed E-state index contributed by atoms with van der Waals surface area (Å²) in [7, 11) is 2.13. The van der Waals surface area contributed by atoms with Crippen molar-refractivity contribution in [3.05, 3.63) is 82.9 Å². The zero-order chi connectivity index (χ0) is 20.9. The first-order valence-electron chi connectivity index (χ1n) is 11.0. The Balaban J connectivity index is 1.30. The Morgan fingerprint density at radius 3 is 2.81 bits per heavy atom. The molecule has 6 nitrogen and oxygen atoms in total. The van der Waals surface area contributed by atoms with Gasteiger partial charge in [0, 0.05) is 71.7 Å². The summed E-state index contributed by atoms with van der Waals surface area (Å²) in [6.45, 7) is 4.04. The monoisotopic (exact) mass is 412 g/mol. The molecule has 0 radical (unpaired) electrons. The van der Waals surface area contributed by atoms with E-state index in [0.717, 1.165) is 31.7 Å². The Bertz CT molecular complexity index is 1320. The van der Waals surface area contributed by atoms with E-state index in [1.54, 1.807) is 17.3 Å². The molecule has 3 aromatic heterocycles. The molecule has 31 heavy (non-hydrogen) atoms. The topological polar surface area (TPSA) is 57.2 Å². The predicted molar refractivity (Wildman–Crippen MR) is 120 cm³/mol. The molecule has 0 saturated carbocycles. The normalized spacial score (nSPS) is 22.4. The highest BCUT2D eigenvalue weighted by Gasteiger charge is 2.37. The summed E-state index contributed by atoms with van der Waals surface area (Å²) in [6, 6.07) is 12.8. The van der Waals surface area contributed by atoms with E-state index in [9.17, 15) is 4.79 Å². The van der Waals surface area contributed by atoms with E-state index in [2.05, 4.69) is 58.1 Å². The van der Waals surface area contributed by atoms with Crippen LogP contribution in [0.1, 0.15) is 23.6 Å². The number of aromatic nitrogens is 4. The Kier molecular flexibility index (Phi) is 4.28. The van der Waals surface area contributed by atoms with Crippen LogP contribution in [0.2, 0.25) is 0 Å². The largest absolute Gasteiger partial charge is 0.350 e. The van der Waals surface area contributed by atoms with Gasteiger partial charge in [-0.1, -0.05) is 18.2 Å². The Morgan fingerprint density at radius 2 is 1.94 bits per heavy atom. The number of hydrogen-bond acceptors (Lipinski definition) is 3. The van der Waals surface area contributed by atoms with Crippen molar-refractivity contribution in [2.75, 3.05) is 13.1 Å². The second kappa shape index (κ2) is 7.17. The summed E-state index contributed by atoms with van der Waals surface area (Å²) in [5, 5.41) is 1.36. The summed E-state index contributed by atoms with van der Waals surface area (Å²) in [4.78, 5) is 23.0. The molecule has 2 bridgehead atoms. The van der Waals surface area contributed by atoms with Crippen LogP contribution in [0.4, 0.5) is 0 Å². The highest BCUT2D eigenvalue weighted by Crippen LogP contribution is 2.31. The van der Waals surface area contributed by atoms with Crippen molar-refractivity contribution in [2.24, 2.45) is 13.0 Å². The van der Waals surface area contributed by atoms with Gasteiger partial charge in [0.05, 0.1) is 18.7 Å². The SMILES string of the molecule is Cn1cc(C[NH+]2C[C@@H]3C[C@H](C2)c2ccc(-c4cncnc4)c(=O)n2C3)c2ccccc21. The molecule has 4 aromatic rings. The lowest BCUT2D eigenvalue weighted by molar-refractivity contribution is -0.924. The van der Waals surface area contributed by atoms with Crippen LogP contribution in [0, 0.1) is 5.92 Å². The third-order valence-corrected chi connectivity index (χ3v) is 7.09. The van der Waals surface area contributed by atoms with E-state index < -0.39 is 0 Å². The predicted octanol–water partition coefficient (Wildman–Crippen LogP) is 2.00. The summed E-state index contributed by atoms with van der Waals surface area (Å²) >= 11 is 0. The van der Waals surface area contributed by atoms with Crippen LogP contribution in [-0.2, 0) is 20.1 Å². The van der Waals surface area contributed by atoms with Crippen LogP contribution in [-0.4, -0.2) is 32.2 Å². The second-order valence-electron chi connectivity index (χ2n) is 9.13. The van der Waals surface area contributed by atoms with Crippen molar-refractivity contribution >= 4 is 10.9 Å². The van der Waals surface area contributed by atoms with Crippen molar-refractivity contribution in [1.29, 1.82) is 0 Å². The Labute approximate surface area is 180 Å². The molecule has 1 N–H and O–H groups in total. The summed E-state index contributed by atoms with van der Waals surface area (Å²) < 4.78 is 4.26. The molecule has 0 spiro atoms. The number of nitrogens with zero attached hydrogens (tertiary/aromatic N) is 4. The quantitative estimate of drug-likeness (QED) is 0.560. The van der Waals surface area contributed by atoms with E-state index in [4.69, 9.17) is 0 Å². The molecule has 0 amide bonds. The van der Waals surface area contributed by atoms with Gasteiger partial charge in [0.2, 0.25) is 0 Å². The molecule has 6 heteroatoms. The molecule has 5 heterocycles. The van der Waals surface area contributed by atoms with Gasteiger partial charge in [0.1, 0.15) is 12.9 Å². The number of pyridine rings is 1. The maximum absolute atomic E-state index is 13.3. The fourth-order valence-electron chi connectivity index (χ4n) is 5.81. The number of quaternary nitrogens is 1. The molecule has 6 rings (SSSR count). The van der Waals surface area contributed by atoms with Crippen LogP contribution in [0.5, 0.6) is 0 Å². The van der Waals surface area contributed by atoms with Crippen LogP contribution in [0.25, 0.3) is 22.0 Å². The van der Waals surface area contributed by atoms with E-state index in [1.807, 2.05) is 10.6 Å². The number of nitrogens with one attached hydrogen (secondary N) is 1. The molecule has 1 unspecified atom stereocenters. The zero-order valence-corrected chi connectivity index (χ0v) is 17.7. The van der Waals surface area contributed by atoms with Gasteiger partial charge in [-0.25, -0.2) is 9.97 Å². The van der Waals surface area contributed by atoms with E-state index >= 15 is 0 Å². The van der Waals surface area contributed by atoms with Crippen LogP contribution in [0.15, 0.2) is 66.1 Å². The van der Waals surface area contributed by atoms with Gasteiger partial charge < -0.3 is 14.0 Å². The van der Waals surface area contributed by atoms with Crippen molar-refractivity contribution in [1.82, 2.24) is 19.1 Å². The Hall–Kier alpha value is -3.25. The Morgan fingerprint density at radius 1 is 1.10 bits per heavy atom. The van der Waals surface area contributed by atoms with E-state index in [-0.39, 0.29) is 5.56 Å². The highest BCUT2D eigenvalue weighted by molar-refractivity contribution is 5.83. The maximum atomic E-state index is 13.3. The van der Waals surface area contributed by atoms with Crippen molar-refractivity contribution in [2.45, 2.75) is 25.4 Å². The molecule has 156 valence electrons.